The van der Waals surface area contributed by atoms with E-state index in [1.165, 1.54) is 0 Å². The van der Waals surface area contributed by atoms with E-state index in [-0.39, 0.29) is 6.10 Å². The van der Waals surface area contributed by atoms with Gasteiger partial charge in [-0.3, -0.25) is 9.67 Å². The van der Waals surface area contributed by atoms with Gasteiger partial charge in [-0.25, -0.2) is 0 Å². The molecule has 0 aliphatic carbocycles. The van der Waals surface area contributed by atoms with Gasteiger partial charge in [0.2, 0.25) is 0 Å². The number of nitriles is 1. The Kier molecular flexibility index (Phi) is 4.73. The normalized spacial score (nSPS) is 17.0. The monoisotopic (exact) mass is 346 g/mol. The van der Waals surface area contributed by atoms with Crippen LogP contribution in [0.15, 0.2) is 54.9 Å². The molecule has 0 radical (unpaired) electrons. The minimum Gasteiger partial charge on any atom is -0.376 e. The molecule has 1 aromatic carbocycles. The maximum absolute atomic E-state index is 8.89. The van der Waals surface area contributed by atoms with E-state index in [4.69, 9.17) is 14.7 Å². The Balaban J connectivity index is 1.53. The number of pyridine rings is 1. The number of benzene rings is 1. The summed E-state index contributed by atoms with van der Waals surface area (Å²) in [6.07, 6.45) is 3.59. The molecule has 3 aromatic rings. The van der Waals surface area contributed by atoms with Gasteiger partial charge < -0.3 is 9.47 Å². The van der Waals surface area contributed by atoms with Crippen LogP contribution in [0.3, 0.4) is 0 Å². The van der Waals surface area contributed by atoms with E-state index < -0.39 is 0 Å². The van der Waals surface area contributed by atoms with Crippen molar-refractivity contribution < 1.29 is 9.47 Å². The predicted molar refractivity (Wildman–Crippen MR) is 96.2 cm³/mol. The lowest BCUT2D eigenvalue weighted by molar-refractivity contribution is -0.0946. The quantitative estimate of drug-likeness (QED) is 0.726. The fraction of sp³-hybridized carbons (Fsp3) is 0.250. The molecule has 3 heterocycles. The van der Waals surface area contributed by atoms with Gasteiger partial charge in [0.05, 0.1) is 43.3 Å². The topological polar surface area (TPSA) is 73.0 Å². The van der Waals surface area contributed by atoms with Gasteiger partial charge in [0.25, 0.3) is 0 Å². The van der Waals surface area contributed by atoms with Crippen LogP contribution in [0.5, 0.6) is 0 Å². The first-order chi connectivity index (χ1) is 12.8. The zero-order valence-corrected chi connectivity index (χ0v) is 14.2. The van der Waals surface area contributed by atoms with E-state index in [0.29, 0.717) is 31.9 Å². The highest BCUT2D eigenvalue weighted by Crippen LogP contribution is 2.24. The van der Waals surface area contributed by atoms with E-state index in [2.05, 4.69) is 22.2 Å². The van der Waals surface area contributed by atoms with E-state index in [9.17, 15) is 0 Å². The Hall–Kier alpha value is -3.01. The zero-order valence-electron chi connectivity index (χ0n) is 14.2. The molecule has 0 amide bonds. The largest absolute Gasteiger partial charge is 0.376 e. The molecule has 6 heteroatoms. The number of hydrogen-bond acceptors (Lipinski definition) is 5. The van der Waals surface area contributed by atoms with Crippen molar-refractivity contribution >= 4 is 0 Å². The molecule has 0 bridgehead atoms. The Morgan fingerprint density at radius 1 is 1.12 bits per heavy atom. The summed E-state index contributed by atoms with van der Waals surface area (Å²) < 4.78 is 13.0. The Morgan fingerprint density at radius 2 is 2.00 bits per heavy atom. The summed E-state index contributed by atoms with van der Waals surface area (Å²) in [4.78, 5) is 4.36. The minimum absolute atomic E-state index is 0.0469. The van der Waals surface area contributed by atoms with E-state index >= 15 is 0 Å². The van der Waals surface area contributed by atoms with Crippen molar-refractivity contribution in [2.75, 3.05) is 19.8 Å². The van der Waals surface area contributed by atoms with Crippen molar-refractivity contribution in [1.82, 2.24) is 14.8 Å². The minimum atomic E-state index is 0.0469. The highest BCUT2D eigenvalue weighted by molar-refractivity contribution is 5.69. The van der Waals surface area contributed by atoms with Crippen LogP contribution in [-0.2, 0) is 16.0 Å². The molecule has 1 atom stereocenters. The molecule has 1 saturated heterocycles. The molecule has 6 nitrogen and oxygen atoms in total. The van der Waals surface area contributed by atoms with Crippen LogP contribution in [0.2, 0.25) is 0 Å². The molecule has 1 fully saturated rings. The second kappa shape index (κ2) is 7.48. The molecule has 1 aliphatic heterocycles. The van der Waals surface area contributed by atoms with Gasteiger partial charge in [0.1, 0.15) is 12.2 Å². The van der Waals surface area contributed by atoms with Crippen molar-refractivity contribution in [3.63, 3.8) is 0 Å². The van der Waals surface area contributed by atoms with Crippen molar-refractivity contribution in [1.29, 1.82) is 5.26 Å². The highest BCUT2D eigenvalue weighted by Gasteiger charge is 2.15. The van der Waals surface area contributed by atoms with Gasteiger partial charge in [-0.15, -0.1) is 0 Å². The number of hydrogen-bond donors (Lipinski definition) is 0. The Morgan fingerprint density at radius 3 is 2.73 bits per heavy atom. The van der Waals surface area contributed by atoms with Crippen molar-refractivity contribution in [3.8, 4) is 28.6 Å². The van der Waals surface area contributed by atoms with Crippen LogP contribution in [0.1, 0.15) is 5.56 Å². The van der Waals surface area contributed by atoms with Crippen LogP contribution >= 0.6 is 0 Å². The second-order valence-corrected chi connectivity index (χ2v) is 6.12. The third kappa shape index (κ3) is 3.64. The summed E-state index contributed by atoms with van der Waals surface area (Å²) >= 11 is 0. The summed E-state index contributed by atoms with van der Waals surface area (Å²) in [6, 6.07) is 15.8. The van der Waals surface area contributed by atoms with Gasteiger partial charge in [-0.05, 0) is 24.3 Å². The lowest BCUT2D eigenvalue weighted by atomic mass is 10.1. The molecule has 2 aromatic heterocycles. The standard InChI is InChI=1S/C20H18N4O2/c21-11-15-4-5-19(22-12-15)16-2-1-3-17(10-16)20-6-7-24(23-20)13-18-14-25-8-9-26-18/h1-7,10,12,18H,8-9,13-14H2/t18-/m0/s1. The van der Waals surface area contributed by atoms with Gasteiger partial charge in [0.15, 0.2) is 0 Å². The summed E-state index contributed by atoms with van der Waals surface area (Å²) in [5.41, 5.74) is 4.30. The maximum Gasteiger partial charge on any atom is 0.101 e. The zero-order chi connectivity index (χ0) is 17.8. The van der Waals surface area contributed by atoms with Gasteiger partial charge >= 0.3 is 0 Å². The van der Waals surface area contributed by atoms with Crippen molar-refractivity contribution in [3.05, 3.63) is 60.4 Å². The molecular formula is C20H18N4O2. The summed E-state index contributed by atoms with van der Waals surface area (Å²) in [5, 5.41) is 13.5. The van der Waals surface area contributed by atoms with Crippen LogP contribution in [0.4, 0.5) is 0 Å². The fourth-order valence-corrected chi connectivity index (χ4v) is 2.94. The summed E-state index contributed by atoms with van der Waals surface area (Å²) in [6.45, 7) is 2.58. The maximum atomic E-state index is 8.89. The van der Waals surface area contributed by atoms with E-state index in [0.717, 1.165) is 22.5 Å². The smallest absolute Gasteiger partial charge is 0.101 e. The number of aromatic nitrogens is 3. The first-order valence-electron chi connectivity index (χ1n) is 8.51. The van der Waals surface area contributed by atoms with Gasteiger partial charge in [-0.1, -0.05) is 18.2 Å². The Labute approximate surface area is 151 Å². The van der Waals surface area contributed by atoms with Crippen molar-refractivity contribution in [2.24, 2.45) is 0 Å². The van der Waals surface area contributed by atoms with Crippen molar-refractivity contribution in [2.45, 2.75) is 12.6 Å². The Bertz CT molecular complexity index is 921. The highest BCUT2D eigenvalue weighted by atomic mass is 16.6. The van der Waals surface area contributed by atoms with Crippen LogP contribution in [0.25, 0.3) is 22.5 Å². The molecule has 0 saturated carbocycles. The van der Waals surface area contributed by atoms with Gasteiger partial charge in [-0.2, -0.15) is 10.4 Å². The van der Waals surface area contributed by atoms with Gasteiger partial charge in [0, 0.05) is 23.5 Å². The molecular weight excluding hydrogens is 328 g/mol. The summed E-state index contributed by atoms with van der Waals surface area (Å²) in [5.74, 6) is 0. The predicted octanol–water partition coefficient (Wildman–Crippen LogP) is 2.90. The second-order valence-electron chi connectivity index (χ2n) is 6.12. The lowest BCUT2D eigenvalue weighted by Gasteiger charge is -2.22. The molecule has 4 rings (SSSR count). The molecule has 0 spiro atoms. The van der Waals surface area contributed by atoms with E-state index in [1.54, 1.807) is 12.3 Å². The van der Waals surface area contributed by atoms with E-state index in [1.807, 2.05) is 41.2 Å². The molecule has 0 N–H and O–H groups in total. The molecule has 130 valence electrons. The number of ether oxygens (including phenoxy) is 2. The number of rotatable bonds is 4. The molecule has 0 unspecified atom stereocenters. The first-order valence-corrected chi connectivity index (χ1v) is 8.51. The molecule has 1 aliphatic rings. The van der Waals surface area contributed by atoms with Crippen LogP contribution in [0, 0.1) is 11.3 Å². The third-order valence-electron chi connectivity index (χ3n) is 4.26. The SMILES string of the molecule is N#Cc1ccc(-c2cccc(-c3ccn(C[C@H]4COCCO4)n3)c2)nc1. The number of nitrogens with zero attached hydrogens (tertiary/aromatic N) is 4. The average molecular weight is 346 g/mol. The fourth-order valence-electron chi connectivity index (χ4n) is 2.94. The lowest BCUT2D eigenvalue weighted by Crippen LogP contribution is -2.32. The average Bonchev–Trinajstić information content (AvgIpc) is 3.17. The third-order valence-corrected chi connectivity index (χ3v) is 4.26. The summed E-state index contributed by atoms with van der Waals surface area (Å²) in [7, 11) is 0. The first kappa shape index (κ1) is 16.5. The molecule has 26 heavy (non-hydrogen) atoms. The van der Waals surface area contributed by atoms with Crippen LogP contribution in [-0.4, -0.2) is 40.7 Å². The van der Waals surface area contributed by atoms with Crippen LogP contribution < -0.4 is 0 Å².